The summed E-state index contributed by atoms with van der Waals surface area (Å²) in [5, 5.41) is 10.7. The predicted octanol–water partition coefficient (Wildman–Crippen LogP) is 1.66. The third kappa shape index (κ3) is 2.52. The van der Waals surface area contributed by atoms with Crippen LogP contribution >= 0.6 is 0 Å². The van der Waals surface area contributed by atoms with Crippen molar-refractivity contribution >= 4 is 17.3 Å². The van der Waals surface area contributed by atoms with Crippen LogP contribution in [0.15, 0.2) is 18.2 Å². The van der Waals surface area contributed by atoms with E-state index in [1.807, 2.05) is 13.8 Å². The number of carbonyl (C=O) groups is 1. The minimum atomic E-state index is -0.596. The van der Waals surface area contributed by atoms with Crippen molar-refractivity contribution < 1.29 is 9.72 Å². The fourth-order valence-corrected chi connectivity index (χ4v) is 1.32. The van der Waals surface area contributed by atoms with Crippen LogP contribution in [0.25, 0.3) is 0 Å². The third-order valence-electron chi connectivity index (χ3n) is 2.61. The van der Waals surface area contributed by atoms with E-state index in [1.54, 1.807) is 7.05 Å². The summed E-state index contributed by atoms with van der Waals surface area (Å²) < 4.78 is 0. The Hall–Kier alpha value is -2.11. The van der Waals surface area contributed by atoms with Crippen molar-refractivity contribution in [1.29, 1.82) is 0 Å². The van der Waals surface area contributed by atoms with Gasteiger partial charge in [-0.05, 0) is 19.9 Å². The normalized spacial score (nSPS) is 10.4. The van der Waals surface area contributed by atoms with Crippen molar-refractivity contribution in [3.63, 3.8) is 0 Å². The number of hydrogen-bond acceptors (Lipinski definition) is 4. The predicted molar refractivity (Wildman–Crippen MR) is 64.7 cm³/mol. The zero-order chi connectivity index (χ0) is 13.2. The minimum Gasteiger partial charge on any atom is -0.393 e. The molecule has 1 aromatic rings. The Kier molecular flexibility index (Phi) is 3.67. The first-order valence-electron chi connectivity index (χ1n) is 5.16. The first kappa shape index (κ1) is 13.0. The lowest BCUT2D eigenvalue weighted by molar-refractivity contribution is -0.383. The van der Waals surface area contributed by atoms with Crippen molar-refractivity contribution in [2.24, 2.45) is 0 Å². The van der Waals surface area contributed by atoms with Crippen molar-refractivity contribution in [2.45, 2.75) is 19.9 Å². The maximum Gasteiger partial charge on any atom is 0.292 e. The standard InChI is InChI=1S/C11H15N3O3/c1-7(2)13(3)11(15)8-5-4-6-9(10(8)12)14(16)17/h4-7H,12H2,1-3H3. The topological polar surface area (TPSA) is 89.5 Å². The van der Waals surface area contributed by atoms with Crippen LogP contribution < -0.4 is 5.73 Å². The van der Waals surface area contributed by atoms with Gasteiger partial charge in [-0.25, -0.2) is 0 Å². The Labute approximate surface area is 99.2 Å². The average molecular weight is 237 g/mol. The molecule has 6 heteroatoms. The van der Waals surface area contributed by atoms with Crippen LogP contribution in [-0.4, -0.2) is 28.8 Å². The molecule has 0 aliphatic rings. The van der Waals surface area contributed by atoms with E-state index in [-0.39, 0.29) is 28.9 Å². The molecule has 0 atom stereocenters. The molecular weight excluding hydrogens is 222 g/mol. The minimum absolute atomic E-state index is 0.00108. The van der Waals surface area contributed by atoms with E-state index in [0.29, 0.717) is 0 Å². The first-order valence-corrected chi connectivity index (χ1v) is 5.16. The molecule has 0 saturated heterocycles. The van der Waals surface area contributed by atoms with Crippen molar-refractivity contribution in [3.8, 4) is 0 Å². The highest BCUT2D eigenvalue weighted by Gasteiger charge is 2.22. The van der Waals surface area contributed by atoms with Crippen LogP contribution in [-0.2, 0) is 0 Å². The fraction of sp³-hybridized carbons (Fsp3) is 0.364. The summed E-state index contributed by atoms with van der Waals surface area (Å²) in [5.41, 5.74) is 5.47. The fourth-order valence-electron chi connectivity index (χ4n) is 1.32. The monoisotopic (exact) mass is 237 g/mol. The van der Waals surface area contributed by atoms with Gasteiger partial charge in [0, 0.05) is 19.2 Å². The van der Waals surface area contributed by atoms with Gasteiger partial charge >= 0.3 is 0 Å². The van der Waals surface area contributed by atoms with Gasteiger partial charge in [-0.2, -0.15) is 0 Å². The third-order valence-corrected chi connectivity index (χ3v) is 2.61. The smallest absolute Gasteiger partial charge is 0.292 e. The molecule has 0 bridgehead atoms. The lowest BCUT2D eigenvalue weighted by Crippen LogP contribution is -2.33. The number of para-hydroxylation sites is 1. The second-order valence-corrected chi connectivity index (χ2v) is 4.01. The molecule has 0 heterocycles. The lowest BCUT2D eigenvalue weighted by Gasteiger charge is -2.21. The zero-order valence-corrected chi connectivity index (χ0v) is 10.0. The Morgan fingerprint density at radius 2 is 2.06 bits per heavy atom. The molecular formula is C11H15N3O3. The second-order valence-electron chi connectivity index (χ2n) is 4.01. The van der Waals surface area contributed by atoms with Gasteiger partial charge in [-0.3, -0.25) is 14.9 Å². The molecule has 0 radical (unpaired) electrons. The number of amides is 1. The molecule has 1 aromatic carbocycles. The summed E-state index contributed by atoms with van der Waals surface area (Å²) in [6, 6.07) is 4.22. The molecule has 1 rings (SSSR count). The number of benzene rings is 1. The number of anilines is 1. The molecule has 1 amide bonds. The summed E-state index contributed by atoms with van der Waals surface area (Å²) >= 11 is 0. The molecule has 0 fully saturated rings. The Balaban J connectivity index is 3.20. The molecule has 0 aromatic heterocycles. The van der Waals surface area contributed by atoms with E-state index < -0.39 is 4.92 Å². The molecule has 0 aliphatic heterocycles. The second kappa shape index (κ2) is 4.82. The number of nitro benzene ring substituents is 1. The van der Waals surface area contributed by atoms with Crippen LogP contribution in [0.2, 0.25) is 0 Å². The molecule has 0 saturated carbocycles. The highest BCUT2D eigenvalue weighted by atomic mass is 16.6. The van der Waals surface area contributed by atoms with Gasteiger partial charge < -0.3 is 10.6 Å². The Bertz CT molecular complexity index is 457. The van der Waals surface area contributed by atoms with E-state index in [4.69, 9.17) is 5.73 Å². The number of nitrogens with zero attached hydrogens (tertiary/aromatic N) is 2. The van der Waals surface area contributed by atoms with Gasteiger partial charge in [-0.15, -0.1) is 0 Å². The Morgan fingerprint density at radius 1 is 1.47 bits per heavy atom. The van der Waals surface area contributed by atoms with E-state index >= 15 is 0 Å². The lowest BCUT2D eigenvalue weighted by atomic mass is 10.1. The quantitative estimate of drug-likeness (QED) is 0.491. The zero-order valence-electron chi connectivity index (χ0n) is 10.0. The van der Waals surface area contributed by atoms with E-state index in [1.165, 1.54) is 23.1 Å². The molecule has 0 unspecified atom stereocenters. The van der Waals surface area contributed by atoms with Crippen LogP contribution in [0.5, 0.6) is 0 Å². The number of nitrogens with two attached hydrogens (primary N) is 1. The maximum atomic E-state index is 12.0. The van der Waals surface area contributed by atoms with E-state index in [0.717, 1.165) is 0 Å². The molecule has 0 aliphatic carbocycles. The number of carbonyl (C=O) groups excluding carboxylic acids is 1. The summed E-state index contributed by atoms with van der Waals surface area (Å²) in [6.45, 7) is 3.71. The summed E-state index contributed by atoms with van der Waals surface area (Å²) in [4.78, 5) is 23.6. The van der Waals surface area contributed by atoms with Gasteiger partial charge in [0.1, 0.15) is 5.69 Å². The molecule has 92 valence electrons. The maximum absolute atomic E-state index is 12.0. The van der Waals surface area contributed by atoms with Crippen molar-refractivity contribution in [1.82, 2.24) is 4.90 Å². The summed E-state index contributed by atoms with van der Waals surface area (Å²) in [6.07, 6.45) is 0. The van der Waals surface area contributed by atoms with Crippen LogP contribution in [0.4, 0.5) is 11.4 Å². The van der Waals surface area contributed by atoms with Crippen LogP contribution in [0.1, 0.15) is 24.2 Å². The summed E-state index contributed by atoms with van der Waals surface area (Å²) in [5.74, 6) is -0.318. The van der Waals surface area contributed by atoms with Gasteiger partial charge in [0.2, 0.25) is 0 Å². The number of nitro groups is 1. The van der Waals surface area contributed by atoms with Crippen LogP contribution in [0.3, 0.4) is 0 Å². The SMILES string of the molecule is CC(C)N(C)C(=O)c1cccc([N+](=O)[O-])c1N. The van der Waals surface area contributed by atoms with Gasteiger partial charge in [-0.1, -0.05) is 6.07 Å². The average Bonchev–Trinajstić information content (AvgIpc) is 2.26. The number of nitrogen functional groups attached to an aromatic ring is 1. The first-order chi connectivity index (χ1) is 7.86. The molecule has 17 heavy (non-hydrogen) atoms. The molecule has 0 spiro atoms. The highest BCUT2D eigenvalue weighted by Crippen LogP contribution is 2.25. The molecule has 6 nitrogen and oxygen atoms in total. The van der Waals surface area contributed by atoms with E-state index in [2.05, 4.69) is 0 Å². The Morgan fingerprint density at radius 3 is 2.53 bits per heavy atom. The van der Waals surface area contributed by atoms with E-state index in [9.17, 15) is 14.9 Å². The van der Waals surface area contributed by atoms with Gasteiger partial charge in [0.05, 0.1) is 10.5 Å². The van der Waals surface area contributed by atoms with Crippen LogP contribution in [0, 0.1) is 10.1 Å². The van der Waals surface area contributed by atoms with Gasteiger partial charge in [0.25, 0.3) is 11.6 Å². The largest absolute Gasteiger partial charge is 0.393 e. The molecule has 2 N–H and O–H groups in total. The highest BCUT2D eigenvalue weighted by molar-refractivity contribution is 6.00. The summed E-state index contributed by atoms with van der Waals surface area (Å²) in [7, 11) is 1.63. The van der Waals surface area contributed by atoms with Crippen molar-refractivity contribution in [2.75, 3.05) is 12.8 Å². The van der Waals surface area contributed by atoms with Crippen molar-refractivity contribution in [3.05, 3.63) is 33.9 Å². The number of rotatable bonds is 3. The van der Waals surface area contributed by atoms with Gasteiger partial charge in [0.15, 0.2) is 0 Å². The number of hydrogen-bond donors (Lipinski definition) is 1.